The Balaban J connectivity index is 1.93. The number of rotatable bonds is 6. The molecule has 102 valence electrons. The van der Waals surface area contributed by atoms with E-state index in [9.17, 15) is 0 Å². The number of nitrogens with zero attached hydrogens (tertiary/aromatic N) is 1. The quantitative estimate of drug-likeness (QED) is 0.812. The number of nitrogens with one attached hydrogen (secondary N) is 1. The van der Waals surface area contributed by atoms with Crippen molar-refractivity contribution in [2.24, 2.45) is 0 Å². The summed E-state index contributed by atoms with van der Waals surface area (Å²) >= 11 is 0. The molecule has 0 atom stereocenters. The minimum absolute atomic E-state index is 0.615. The van der Waals surface area contributed by atoms with Crippen LogP contribution in [0.25, 0.3) is 0 Å². The molecule has 0 aliphatic rings. The summed E-state index contributed by atoms with van der Waals surface area (Å²) in [5.41, 5.74) is 2.73. The fourth-order valence-electron chi connectivity index (χ4n) is 2.13. The van der Waals surface area contributed by atoms with Gasteiger partial charge in [-0.2, -0.15) is 5.26 Å². The first-order valence-corrected chi connectivity index (χ1v) is 6.70. The summed E-state index contributed by atoms with van der Waals surface area (Å²) in [5, 5.41) is 12.4. The van der Waals surface area contributed by atoms with Gasteiger partial charge >= 0.3 is 0 Å². The van der Waals surface area contributed by atoms with Crippen LogP contribution in [0, 0.1) is 11.3 Å². The molecule has 0 amide bonds. The van der Waals surface area contributed by atoms with Crippen molar-refractivity contribution in [2.75, 3.05) is 19.0 Å². The number of anilines is 1. The zero-order valence-corrected chi connectivity index (χ0v) is 11.6. The van der Waals surface area contributed by atoms with E-state index in [4.69, 9.17) is 10.00 Å². The average molecular weight is 266 g/mol. The molecule has 2 aromatic carbocycles. The molecule has 0 radical (unpaired) electrons. The Hall–Kier alpha value is -2.47. The molecule has 0 aromatic heterocycles. The van der Waals surface area contributed by atoms with Gasteiger partial charge in [0, 0.05) is 6.54 Å². The van der Waals surface area contributed by atoms with Gasteiger partial charge in [0.1, 0.15) is 11.8 Å². The predicted octanol–water partition coefficient (Wildman–Crippen LogP) is 3.61. The predicted molar refractivity (Wildman–Crippen MR) is 81.0 cm³/mol. The van der Waals surface area contributed by atoms with Gasteiger partial charge in [0.25, 0.3) is 0 Å². The van der Waals surface area contributed by atoms with Crippen molar-refractivity contribution in [1.82, 2.24) is 0 Å². The van der Waals surface area contributed by atoms with Crippen LogP contribution in [0.4, 0.5) is 5.69 Å². The molecule has 0 spiro atoms. The van der Waals surface area contributed by atoms with E-state index >= 15 is 0 Å². The minimum atomic E-state index is 0.615. The van der Waals surface area contributed by atoms with Gasteiger partial charge in [0.05, 0.1) is 18.4 Å². The fraction of sp³-hybridized carbons (Fsp3) is 0.235. The number of methoxy groups -OCH3 is 1. The third kappa shape index (κ3) is 3.52. The summed E-state index contributed by atoms with van der Waals surface area (Å²) in [4.78, 5) is 0. The smallest absolute Gasteiger partial charge is 0.143 e. The molecule has 0 saturated carbocycles. The van der Waals surface area contributed by atoms with Crippen LogP contribution in [-0.2, 0) is 6.42 Å². The second kappa shape index (κ2) is 7.20. The second-order valence-electron chi connectivity index (χ2n) is 4.51. The van der Waals surface area contributed by atoms with Crippen molar-refractivity contribution in [3.63, 3.8) is 0 Å². The zero-order chi connectivity index (χ0) is 14.2. The Labute approximate surface area is 119 Å². The lowest BCUT2D eigenvalue weighted by atomic mass is 10.1. The molecule has 0 aliphatic carbocycles. The fourth-order valence-corrected chi connectivity index (χ4v) is 2.13. The summed E-state index contributed by atoms with van der Waals surface area (Å²) in [7, 11) is 1.62. The molecular weight excluding hydrogens is 248 g/mol. The van der Waals surface area contributed by atoms with E-state index in [2.05, 4.69) is 35.7 Å². The lowest BCUT2D eigenvalue weighted by Crippen LogP contribution is -2.06. The molecule has 0 aliphatic heterocycles. The van der Waals surface area contributed by atoms with Crippen LogP contribution in [0.3, 0.4) is 0 Å². The highest BCUT2D eigenvalue weighted by molar-refractivity contribution is 5.66. The molecule has 3 heteroatoms. The normalized spacial score (nSPS) is 9.80. The molecular formula is C17H18N2O. The summed E-state index contributed by atoms with van der Waals surface area (Å²) in [6.07, 6.45) is 2.03. The SMILES string of the molecule is COc1cccc(C#N)c1NCCCc1ccccc1. The molecule has 0 heterocycles. The van der Waals surface area contributed by atoms with Gasteiger partial charge in [0.15, 0.2) is 0 Å². The van der Waals surface area contributed by atoms with Crippen molar-refractivity contribution in [2.45, 2.75) is 12.8 Å². The van der Waals surface area contributed by atoms with E-state index in [1.807, 2.05) is 18.2 Å². The van der Waals surface area contributed by atoms with E-state index in [-0.39, 0.29) is 0 Å². The Morgan fingerprint density at radius 1 is 1.10 bits per heavy atom. The molecule has 1 N–H and O–H groups in total. The third-order valence-corrected chi connectivity index (χ3v) is 3.15. The first-order chi connectivity index (χ1) is 9.85. The molecule has 3 nitrogen and oxygen atoms in total. The number of hydrogen-bond acceptors (Lipinski definition) is 3. The Morgan fingerprint density at radius 2 is 1.90 bits per heavy atom. The average Bonchev–Trinajstić information content (AvgIpc) is 2.52. The number of ether oxygens (including phenoxy) is 1. The third-order valence-electron chi connectivity index (χ3n) is 3.15. The first-order valence-electron chi connectivity index (χ1n) is 6.70. The van der Waals surface area contributed by atoms with Gasteiger partial charge in [-0.05, 0) is 30.5 Å². The summed E-state index contributed by atoms with van der Waals surface area (Å²) in [6.45, 7) is 0.809. The Kier molecular flexibility index (Phi) is 5.02. The first kappa shape index (κ1) is 14.0. The van der Waals surface area contributed by atoms with Crippen LogP contribution in [0.1, 0.15) is 17.5 Å². The van der Waals surface area contributed by atoms with E-state index in [0.29, 0.717) is 11.3 Å². The van der Waals surface area contributed by atoms with Crippen molar-refractivity contribution in [3.05, 3.63) is 59.7 Å². The summed E-state index contributed by atoms with van der Waals surface area (Å²) < 4.78 is 5.29. The highest BCUT2D eigenvalue weighted by atomic mass is 16.5. The van der Waals surface area contributed by atoms with E-state index in [1.54, 1.807) is 13.2 Å². The van der Waals surface area contributed by atoms with Gasteiger partial charge in [-0.15, -0.1) is 0 Å². The Morgan fingerprint density at radius 3 is 2.60 bits per heavy atom. The largest absolute Gasteiger partial charge is 0.495 e. The highest BCUT2D eigenvalue weighted by Gasteiger charge is 2.07. The standard InChI is InChI=1S/C17H18N2O/c1-20-16-11-5-10-15(13-18)17(16)19-12-6-9-14-7-3-2-4-8-14/h2-5,7-8,10-11,19H,6,9,12H2,1H3. The van der Waals surface area contributed by atoms with Crippen molar-refractivity contribution >= 4 is 5.69 Å². The number of benzene rings is 2. The lowest BCUT2D eigenvalue weighted by Gasteiger charge is -2.12. The Bertz CT molecular complexity index is 588. The van der Waals surface area contributed by atoms with Crippen molar-refractivity contribution < 1.29 is 4.74 Å². The molecule has 2 rings (SSSR count). The number of nitriles is 1. The second-order valence-corrected chi connectivity index (χ2v) is 4.51. The topological polar surface area (TPSA) is 45.0 Å². The van der Waals surface area contributed by atoms with Gasteiger partial charge in [-0.1, -0.05) is 36.4 Å². The summed E-state index contributed by atoms with van der Waals surface area (Å²) in [6, 6.07) is 18.1. The summed E-state index contributed by atoms with van der Waals surface area (Å²) in [5.74, 6) is 0.712. The number of hydrogen-bond donors (Lipinski definition) is 1. The van der Waals surface area contributed by atoms with Crippen LogP contribution in [0.5, 0.6) is 5.75 Å². The van der Waals surface area contributed by atoms with Crippen molar-refractivity contribution in [1.29, 1.82) is 5.26 Å². The lowest BCUT2D eigenvalue weighted by molar-refractivity contribution is 0.416. The van der Waals surface area contributed by atoms with Gasteiger partial charge in [-0.25, -0.2) is 0 Å². The highest BCUT2D eigenvalue weighted by Crippen LogP contribution is 2.27. The van der Waals surface area contributed by atoms with E-state index < -0.39 is 0 Å². The maximum Gasteiger partial charge on any atom is 0.143 e. The van der Waals surface area contributed by atoms with Gasteiger partial charge in [0.2, 0.25) is 0 Å². The van der Waals surface area contributed by atoms with E-state index in [1.165, 1.54) is 5.56 Å². The van der Waals surface area contributed by atoms with Crippen LogP contribution < -0.4 is 10.1 Å². The van der Waals surface area contributed by atoms with E-state index in [0.717, 1.165) is 25.1 Å². The van der Waals surface area contributed by atoms with Crippen LogP contribution in [0.2, 0.25) is 0 Å². The minimum Gasteiger partial charge on any atom is -0.495 e. The van der Waals surface area contributed by atoms with Crippen LogP contribution in [-0.4, -0.2) is 13.7 Å². The molecule has 0 saturated heterocycles. The molecule has 0 fully saturated rings. The number of aryl methyl sites for hydroxylation is 1. The van der Waals surface area contributed by atoms with Crippen molar-refractivity contribution in [3.8, 4) is 11.8 Å². The molecule has 20 heavy (non-hydrogen) atoms. The molecule has 0 unspecified atom stereocenters. The molecule has 0 bridgehead atoms. The van der Waals surface area contributed by atoms with Gasteiger partial charge in [-0.3, -0.25) is 0 Å². The maximum absolute atomic E-state index is 9.13. The monoisotopic (exact) mass is 266 g/mol. The number of para-hydroxylation sites is 1. The van der Waals surface area contributed by atoms with Crippen LogP contribution >= 0.6 is 0 Å². The van der Waals surface area contributed by atoms with Gasteiger partial charge < -0.3 is 10.1 Å². The zero-order valence-electron chi connectivity index (χ0n) is 11.6. The van der Waals surface area contributed by atoms with Crippen LogP contribution in [0.15, 0.2) is 48.5 Å². The maximum atomic E-state index is 9.13. The molecule has 2 aromatic rings.